The molecule has 4 heteroatoms. The van der Waals surface area contributed by atoms with Gasteiger partial charge in [0.05, 0.1) is 10.9 Å². The minimum atomic E-state index is 0.00119. The van der Waals surface area contributed by atoms with E-state index in [1.165, 1.54) is 0 Å². The SMILES string of the molecule is O=c1c2ccccc2nc2n1CC/C2=C\c1ccccc1O. The second-order valence-electron chi connectivity index (χ2n) is 5.39. The molecule has 0 aliphatic carbocycles. The largest absolute Gasteiger partial charge is 0.507 e. The van der Waals surface area contributed by atoms with Crippen molar-refractivity contribution in [3.63, 3.8) is 0 Å². The fourth-order valence-corrected chi connectivity index (χ4v) is 2.90. The molecule has 0 radical (unpaired) electrons. The maximum atomic E-state index is 12.5. The summed E-state index contributed by atoms with van der Waals surface area (Å²) in [4.78, 5) is 17.2. The van der Waals surface area contributed by atoms with Gasteiger partial charge in [-0.15, -0.1) is 0 Å². The average molecular weight is 290 g/mol. The minimum absolute atomic E-state index is 0.00119. The lowest BCUT2D eigenvalue weighted by molar-refractivity contribution is 0.474. The Morgan fingerprint density at radius 2 is 1.86 bits per heavy atom. The first-order valence-corrected chi connectivity index (χ1v) is 7.22. The van der Waals surface area contributed by atoms with Gasteiger partial charge in [-0.3, -0.25) is 9.36 Å². The van der Waals surface area contributed by atoms with Crippen LogP contribution in [0.2, 0.25) is 0 Å². The van der Waals surface area contributed by atoms with Crippen molar-refractivity contribution in [2.75, 3.05) is 0 Å². The number of benzene rings is 2. The van der Waals surface area contributed by atoms with Crippen molar-refractivity contribution in [1.82, 2.24) is 9.55 Å². The first-order chi connectivity index (χ1) is 10.7. The van der Waals surface area contributed by atoms with Crippen LogP contribution in [0, 0.1) is 0 Å². The molecule has 22 heavy (non-hydrogen) atoms. The van der Waals surface area contributed by atoms with Crippen molar-refractivity contribution in [2.45, 2.75) is 13.0 Å². The van der Waals surface area contributed by atoms with Crippen molar-refractivity contribution in [2.24, 2.45) is 0 Å². The molecule has 2 heterocycles. The molecule has 0 fully saturated rings. The number of fused-ring (bicyclic) bond motifs is 2. The lowest BCUT2D eigenvalue weighted by Crippen LogP contribution is -2.20. The zero-order valence-corrected chi connectivity index (χ0v) is 11.9. The molecule has 108 valence electrons. The molecule has 3 aromatic rings. The van der Waals surface area contributed by atoms with Gasteiger partial charge < -0.3 is 5.11 Å². The Balaban J connectivity index is 1.93. The highest BCUT2D eigenvalue weighted by atomic mass is 16.3. The van der Waals surface area contributed by atoms with E-state index in [-0.39, 0.29) is 11.3 Å². The number of aromatic nitrogens is 2. The first-order valence-electron chi connectivity index (χ1n) is 7.22. The number of aromatic hydroxyl groups is 1. The summed E-state index contributed by atoms with van der Waals surface area (Å²) in [6.07, 6.45) is 2.66. The number of allylic oxidation sites excluding steroid dienone is 1. The number of hydrogen-bond acceptors (Lipinski definition) is 3. The second kappa shape index (κ2) is 4.84. The summed E-state index contributed by atoms with van der Waals surface area (Å²) in [6.45, 7) is 0.630. The van der Waals surface area contributed by atoms with Crippen LogP contribution < -0.4 is 5.56 Å². The summed E-state index contributed by atoms with van der Waals surface area (Å²) < 4.78 is 1.72. The summed E-state index contributed by atoms with van der Waals surface area (Å²) in [5, 5.41) is 10.6. The number of phenols is 1. The predicted molar refractivity (Wildman–Crippen MR) is 86.6 cm³/mol. The molecule has 0 saturated heterocycles. The second-order valence-corrected chi connectivity index (χ2v) is 5.39. The predicted octanol–water partition coefficient (Wildman–Crippen LogP) is 3.05. The normalized spacial score (nSPS) is 15.4. The zero-order chi connectivity index (χ0) is 15.1. The van der Waals surface area contributed by atoms with Crippen LogP contribution in [0.4, 0.5) is 0 Å². The van der Waals surface area contributed by atoms with Gasteiger partial charge in [0, 0.05) is 12.1 Å². The molecule has 2 aromatic carbocycles. The summed E-state index contributed by atoms with van der Waals surface area (Å²) >= 11 is 0. The van der Waals surface area contributed by atoms with Crippen molar-refractivity contribution in [1.29, 1.82) is 0 Å². The molecule has 1 aliphatic rings. The third-order valence-corrected chi connectivity index (χ3v) is 4.02. The Labute approximate surface area is 127 Å². The van der Waals surface area contributed by atoms with E-state index >= 15 is 0 Å². The molecular formula is C18H14N2O2. The van der Waals surface area contributed by atoms with Crippen LogP contribution in [-0.2, 0) is 6.54 Å². The third kappa shape index (κ3) is 1.92. The topological polar surface area (TPSA) is 55.1 Å². The van der Waals surface area contributed by atoms with E-state index in [2.05, 4.69) is 4.98 Å². The van der Waals surface area contributed by atoms with E-state index < -0.39 is 0 Å². The number of nitrogens with zero attached hydrogens (tertiary/aromatic N) is 2. The van der Waals surface area contributed by atoms with Crippen molar-refractivity contribution in [3.05, 3.63) is 70.3 Å². The van der Waals surface area contributed by atoms with Crippen LogP contribution in [0.15, 0.2) is 53.3 Å². The molecule has 0 saturated carbocycles. The molecule has 0 unspecified atom stereocenters. The van der Waals surface area contributed by atoms with Crippen LogP contribution >= 0.6 is 0 Å². The minimum Gasteiger partial charge on any atom is -0.507 e. The third-order valence-electron chi connectivity index (χ3n) is 4.02. The molecular weight excluding hydrogens is 276 g/mol. The summed E-state index contributed by atoms with van der Waals surface area (Å²) in [7, 11) is 0. The molecule has 1 aromatic heterocycles. The lowest BCUT2D eigenvalue weighted by Gasteiger charge is -2.05. The number of rotatable bonds is 1. The van der Waals surface area contributed by atoms with E-state index in [9.17, 15) is 9.90 Å². The maximum absolute atomic E-state index is 12.5. The lowest BCUT2D eigenvalue weighted by atomic mass is 10.1. The summed E-state index contributed by atoms with van der Waals surface area (Å²) in [6, 6.07) is 14.6. The molecule has 1 N–H and O–H groups in total. The van der Waals surface area contributed by atoms with E-state index in [0.29, 0.717) is 23.3 Å². The maximum Gasteiger partial charge on any atom is 0.261 e. The Kier molecular flexibility index (Phi) is 2.82. The van der Waals surface area contributed by atoms with Crippen molar-refractivity contribution in [3.8, 4) is 5.75 Å². The zero-order valence-electron chi connectivity index (χ0n) is 11.9. The number of para-hydroxylation sites is 2. The van der Waals surface area contributed by atoms with Gasteiger partial charge in [-0.05, 0) is 36.3 Å². The van der Waals surface area contributed by atoms with Crippen molar-refractivity contribution < 1.29 is 5.11 Å². The molecule has 0 atom stereocenters. The summed E-state index contributed by atoms with van der Waals surface area (Å²) in [5.41, 5.74) is 2.43. The van der Waals surface area contributed by atoms with E-state index in [1.807, 2.05) is 42.5 Å². The molecule has 1 aliphatic heterocycles. The van der Waals surface area contributed by atoms with Gasteiger partial charge in [-0.2, -0.15) is 0 Å². The van der Waals surface area contributed by atoms with Gasteiger partial charge in [0.15, 0.2) is 0 Å². The van der Waals surface area contributed by atoms with Crippen LogP contribution in [0.5, 0.6) is 5.75 Å². The van der Waals surface area contributed by atoms with Crippen LogP contribution in [0.25, 0.3) is 22.6 Å². The van der Waals surface area contributed by atoms with Crippen molar-refractivity contribution >= 4 is 22.6 Å². The average Bonchev–Trinajstić information content (AvgIpc) is 2.93. The van der Waals surface area contributed by atoms with E-state index in [0.717, 1.165) is 17.6 Å². The molecule has 0 spiro atoms. The molecule has 4 nitrogen and oxygen atoms in total. The van der Waals surface area contributed by atoms with Crippen LogP contribution in [0.1, 0.15) is 17.8 Å². The van der Waals surface area contributed by atoms with Gasteiger partial charge in [0.1, 0.15) is 11.6 Å². The van der Waals surface area contributed by atoms with Gasteiger partial charge in [-0.1, -0.05) is 30.3 Å². The quantitative estimate of drug-likeness (QED) is 0.749. The standard InChI is InChI=1S/C18H14N2O2/c21-16-8-4-1-5-12(16)11-13-9-10-20-17(13)19-15-7-3-2-6-14(15)18(20)22/h1-8,11,21H,9-10H2/b13-11+. The van der Waals surface area contributed by atoms with Gasteiger partial charge >= 0.3 is 0 Å². The Morgan fingerprint density at radius 3 is 2.73 bits per heavy atom. The Hall–Kier alpha value is -2.88. The highest BCUT2D eigenvalue weighted by molar-refractivity contribution is 5.85. The number of hydrogen-bond donors (Lipinski definition) is 1. The fourth-order valence-electron chi connectivity index (χ4n) is 2.90. The van der Waals surface area contributed by atoms with Gasteiger partial charge in [-0.25, -0.2) is 4.98 Å². The Morgan fingerprint density at radius 1 is 1.09 bits per heavy atom. The molecule has 0 amide bonds. The van der Waals surface area contributed by atoms with Crippen LogP contribution in [0.3, 0.4) is 0 Å². The van der Waals surface area contributed by atoms with Gasteiger partial charge in [0.25, 0.3) is 5.56 Å². The van der Waals surface area contributed by atoms with E-state index in [1.54, 1.807) is 16.7 Å². The smallest absolute Gasteiger partial charge is 0.261 e. The van der Waals surface area contributed by atoms with Gasteiger partial charge in [0.2, 0.25) is 0 Å². The first kappa shape index (κ1) is 12.8. The number of phenolic OH excluding ortho intramolecular Hbond substituents is 1. The fraction of sp³-hybridized carbons (Fsp3) is 0.111. The molecule has 0 bridgehead atoms. The summed E-state index contributed by atoms with van der Waals surface area (Å²) in [5.74, 6) is 0.934. The monoisotopic (exact) mass is 290 g/mol. The Bertz CT molecular complexity index is 970. The highest BCUT2D eigenvalue weighted by Gasteiger charge is 2.20. The van der Waals surface area contributed by atoms with E-state index in [4.69, 9.17) is 0 Å². The highest BCUT2D eigenvalue weighted by Crippen LogP contribution is 2.29. The molecule has 4 rings (SSSR count). The van der Waals surface area contributed by atoms with Crippen LogP contribution in [-0.4, -0.2) is 14.7 Å².